The van der Waals surface area contributed by atoms with Gasteiger partial charge in [-0.1, -0.05) is 0 Å². The summed E-state index contributed by atoms with van der Waals surface area (Å²) in [6, 6.07) is 2.60. The number of aliphatic hydroxyl groups is 2. The van der Waals surface area contributed by atoms with Gasteiger partial charge in [0.2, 0.25) is 29.3 Å². The lowest BCUT2D eigenvalue weighted by Crippen LogP contribution is -2.61. The summed E-state index contributed by atoms with van der Waals surface area (Å²) < 4.78 is 26.3. The molecule has 6 rings (SSSR count). The van der Waals surface area contributed by atoms with Crippen LogP contribution in [0.25, 0.3) is 11.1 Å². The number of carbonyl (C=O) groups is 4. The third-order valence-corrected chi connectivity index (χ3v) is 8.63. The van der Waals surface area contributed by atoms with E-state index in [2.05, 4.69) is 0 Å². The van der Waals surface area contributed by atoms with Gasteiger partial charge in [-0.3, -0.25) is 0 Å². The fraction of sp³-hybridized carbons (Fsp3) is 0.176. The van der Waals surface area contributed by atoms with E-state index < -0.39 is 169 Å². The van der Waals surface area contributed by atoms with Crippen LogP contribution in [0.1, 0.15) is 41.4 Å². The Morgan fingerprint density at radius 2 is 1.18 bits per heavy atom. The molecule has 0 spiro atoms. The number of fused-ring (bicyclic) bond motifs is 5. The van der Waals surface area contributed by atoms with Crippen LogP contribution in [0.5, 0.6) is 74.7 Å². The van der Waals surface area contributed by atoms with Crippen LogP contribution in [0.15, 0.2) is 30.3 Å². The Kier molecular flexibility index (Phi) is 9.67. The van der Waals surface area contributed by atoms with Gasteiger partial charge >= 0.3 is 23.9 Å². The number of phenolic OH excluding ortho intramolecular Hbond substituents is 11. The average molecular weight is 803 g/mol. The second-order valence-corrected chi connectivity index (χ2v) is 12.1. The summed E-state index contributed by atoms with van der Waals surface area (Å²) in [5.41, 5.74) is -5.94. The van der Waals surface area contributed by atoms with E-state index in [-0.39, 0.29) is 0 Å². The molecule has 2 heterocycles. The number of rotatable bonds is 5. The number of benzene rings is 4. The van der Waals surface area contributed by atoms with Gasteiger partial charge in [-0.2, -0.15) is 0 Å². The lowest BCUT2D eigenvalue weighted by molar-refractivity contribution is -0.284. The van der Waals surface area contributed by atoms with E-state index in [9.17, 15) is 90.7 Å². The van der Waals surface area contributed by atoms with Crippen LogP contribution in [0.2, 0.25) is 0 Å². The van der Waals surface area contributed by atoms with Gasteiger partial charge in [-0.15, -0.1) is 0 Å². The standard InChI is InChI=1S/C34H26O23/c35-11-1-7(2-12(36)19(11)39)31(50)57-34-27(47)29-23(43)16(55-34)6-53-32(51)9-5-15(54-28-10(30(48)49)4-14(38)21(41)26(28)46)22(42)25(45)18(9)17-8(33(52)56-29)3-13(37)20(40)24(17)44/h1-5,16,23,27,29,34-47H,6H2,(H,48,49)/t16-,23-,27-,29+,34+/m1/s1. The van der Waals surface area contributed by atoms with E-state index >= 15 is 0 Å². The van der Waals surface area contributed by atoms with Gasteiger partial charge in [0.25, 0.3) is 0 Å². The summed E-state index contributed by atoms with van der Waals surface area (Å²) in [6.07, 6.45) is -10.8. The van der Waals surface area contributed by atoms with E-state index in [1.165, 1.54) is 0 Å². The Hall–Kier alpha value is -7.76. The molecule has 1 fully saturated rings. The van der Waals surface area contributed by atoms with Crippen molar-refractivity contribution in [2.45, 2.75) is 30.7 Å². The second-order valence-electron chi connectivity index (χ2n) is 12.1. The van der Waals surface area contributed by atoms with Gasteiger partial charge in [-0.25, -0.2) is 19.2 Å². The zero-order chi connectivity index (χ0) is 41.9. The number of carboxylic acids is 1. The Balaban J connectivity index is 1.49. The topological polar surface area (TPSA) is 398 Å². The maximum Gasteiger partial charge on any atom is 0.340 e. The first-order valence-electron chi connectivity index (χ1n) is 15.6. The fourth-order valence-electron chi connectivity index (χ4n) is 5.78. The molecule has 2 bridgehead atoms. The van der Waals surface area contributed by atoms with E-state index in [0.29, 0.717) is 30.3 Å². The predicted molar refractivity (Wildman–Crippen MR) is 176 cm³/mol. The number of carbonyl (C=O) groups excluding carboxylic acids is 3. The smallest absolute Gasteiger partial charge is 0.340 e. The van der Waals surface area contributed by atoms with Crippen molar-refractivity contribution in [3.05, 3.63) is 52.6 Å². The Morgan fingerprint density at radius 1 is 0.632 bits per heavy atom. The maximum atomic E-state index is 13.8. The molecule has 300 valence electrons. The minimum atomic E-state index is -2.32. The van der Waals surface area contributed by atoms with Crippen LogP contribution in [-0.2, 0) is 18.9 Å². The average Bonchev–Trinajstić information content (AvgIpc) is 3.16. The van der Waals surface area contributed by atoms with Gasteiger partial charge in [0.1, 0.15) is 24.4 Å². The number of phenols is 11. The Bertz CT molecular complexity index is 2360. The third kappa shape index (κ3) is 6.58. The molecule has 14 N–H and O–H groups in total. The molecule has 23 heteroatoms. The molecule has 0 radical (unpaired) electrons. The summed E-state index contributed by atoms with van der Waals surface area (Å²) in [5, 5.41) is 145. The van der Waals surface area contributed by atoms with Crippen LogP contribution in [0, 0.1) is 0 Å². The SMILES string of the molecule is O=C(O[C@@H]1O[C@@H]2COC(=O)c3cc(Oc4c(C(=O)O)cc(O)c(O)c4O)c(O)c(O)c3-c3c(cc(O)c(O)c3O)C(=O)O[C@H]([C@H]1O)[C@@H]2O)c1cc(O)c(O)c(O)c1. The Labute approximate surface area is 314 Å². The zero-order valence-corrected chi connectivity index (χ0v) is 27.9. The number of ether oxygens (including phenoxy) is 5. The molecule has 23 nitrogen and oxygen atoms in total. The molecule has 0 amide bonds. The summed E-state index contributed by atoms with van der Waals surface area (Å²) in [5.74, 6) is -22.8. The number of cyclic esters (lactones) is 1. The van der Waals surface area contributed by atoms with Crippen molar-refractivity contribution in [1.29, 1.82) is 0 Å². The molecule has 4 aromatic carbocycles. The van der Waals surface area contributed by atoms with Crippen LogP contribution < -0.4 is 4.74 Å². The first-order chi connectivity index (χ1) is 26.7. The highest BCUT2D eigenvalue weighted by atomic mass is 16.7. The van der Waals surface area contributed by atoms with Crippen molar-refractivity contribution in [2.24, 2.45) is 0 Å². The van der Waals surface area contributed by atoms with Gasteiger partial charge in [0.15, 0.2) is 64.0 Å². The minimum absolute atomic E-state index is 0.418. The van der Waals surface area contributed by atoms with Crippen molar-refractivity contribution in [1.82, 2.24) is 0 Å². The van der Waals surface area contributed by atoms with E-state index in [1.807, 2.05) is 0 Å². The number of aromatic hydroxyl groups is 11. The number of hydrogen-bond donors (Lipinski definition) is 14. The van der Waals surface area contributed by atoms with Gasteiger partial charge in [-0.05, 0) is 18.2 Å². The Morgan fingerprint density at radius 3 is 1.79 bits per heavy atom. The van der Waals surface area contributed by atoms with Crippen LogP contribution >= 0.6 is 0 Å². The normalized spacial score (nSPS) is 20.4. The number of carboxylic acid groups (broad SMARTS) is 1. The first-order valence-corrected chi connectivity index (χ1v) is 15.6. The van der Waals surface area contributed by atoms with E-state index in [4.69, 9.17) is 23.7 Å². The minimum Gasteiger partial charge on any atom is -0.504 e. The number of aliphatic hydroxyl groups excluding tert-OH is 2. The molecule has 0 aliphatic carbocycles. The number of esters is 3. The van der Waals surface area contributed by atoms with E-state index in [1.54, 1.807) is 0 Å². The molecule has 57 heavy (non-hydrogen) atoms. The molecule has 2 aliphatic rings. The molecule has 5 atom stereocenters. The number of aromatic carboxylic acids is 1. The number of hydrogen-bond acceptors (Lipinski definition) is 22. The lowest BCUT2D eigenvalue weighted by Gasteiger charge is -2.41. The van der Waals surface area contributed by atoms with Gasteiger partial charge < -0.3 is 95.2 Å². The monoisotopic (exact) mass is 802 g/mol. The predicted octanol–water partition coefficient (Wildman–Crippen LogP) is 0.605. The summed E-state index contributed by atoms with van der Waals surface area (Å²) in [6.45, 7) is -1.11. The molecule has 0 aromatic heterocycles. The zero-order valence-electron chi connectivity index (χ0n) is 27.9. The highest BCUT2D eigenvalue weighted by Gasteiger charge is 2.50. The van der Waals surface area contributed by atoms with Crippen molar-refractivity contribution >= 4 is 23.9 Å². The van der Waals surface area contributed by atoms with Gasteiger partial charge in [0, 0.05) is 23.3 Å². The summed E-state index contributed by atoms with van der Waals surface area (Å²) >= 11 is 0. The first kappa shape index (κ1) is 38.9. The van der Waals surface area contributed by atoms with Crippen molar-refractivity contribution in [2.75, 3.05) is 6.61 Å². The summed E-state index contributed by atoms with van der Waals surface area (Å²) in [4.78, 5) is 52.4. The second kappa shape index (κ2) is 14.1. The van der Waals surface area contributed by atoms with Crippen LogP contribution in [-0.4, -0.2) is 133 Å². The van der Waals surface area contributed by atoms with Crippen molar-refractivity contribution in [3.8, 4) is 85.9 Å². The maximum absolute atomic E-state index is 13.8. The fourth-order valence-corrected chi connectivity index (χ4v) is 5.78. The van der Waals surface area contributed by atoms with Crippen LogP contribution in [0.3, 0.4) is 0 Å². The molecule has 0 saturated carbocycles. The van der Waals surface area contributed by atoms with E-state index in [0.717, 1.165) is 0 Å². The van der Waals surface area contributed by atoms with Gasteiger partial charge in [0.05, 0.1) is 16.7 Å². The quantitative estimate of drug-likeness (QED) is 0.0746. The largest absolute Gasteiger partial charge is 0.504 e. The molecular formula is C34H26O23. The van der Waals surface area contributed by atoms with Crippen molar-refractivity contribution in [3.63, 3.8) is 0 Å². The molecule has 2 aliphatic heterocycles. The molecule has 1 saturated heterocycles. The highest BCUT2D eigenvalue weighted by molar-refractivity contribution is 6.08. The third-order valence-electron chi connectivity index (χ3n) is 8.63. The lowest BCUT2D eigenvalue weighted by atomic mass is 9.91. The summed E-state index contributed by atoms with van der Waals surface area (Å²) in [7, 11) is 0. The molecular weight excluding hydrogens is 776 g/mol. The van der Waals surface area contributed by atoms with Crippen LogP contribution in [0.4, 0.5) is 0 Å². The molecule has 4 aromatic rings. The molecule has 0 unspecified atom stereocenters. The highest BCUT2D eigenvalue weighted by Crippen LogP contribution is 2.55. The van der Waals surface area contributed by atoms with Crippen molar-refractivity contribution < 1.29 is 114 Å².